The van der Waals surface area contributed by atoms with Crippen LogP contribution in [0.2, 0.25) is 0 Å². The average molecular weight is 319 g/mol. The van der Waals surface area contributed by atoms with Gasteiger partial charge in [0.15, 0.2) is 0 Å². The Bertz CT molecular complexity index is 519. The lowest BCUT2D eigenvalue weighted by molar-refractivity contribution is -0.126. The molecule has 1 amide bonds. The zero-order valence-corrected chi connectivity index (χ0v) is 14.4. The predicted octanol–water partition coefficient (Wildman–Crippen LogP) is 1.79. The van der Waals surface area contributed by atoms with Gasteiger partial charge >= 0.3 is 0 Å². The third-order valence-electron chi connectivity index (χ3n) is 4.87. The zero-order valence-electron chi connectivity index (χ0n) is 14.4. The second kappa shape index (κ2) is 8.31. The molecule has 0 heterocycles. The highest BCUT2D eigenvalue weighted by Crippen LogP contribution is 2.31. The Morgan fingerprint density at radius 2 is 2.22 bits per heavy atom. The molecule has 1 aliphatic carbocycles. The first kappa shape index (κ1) is 17.8. The van der Waals surface area contributed by atoms with E-state index in [0.29, 0.717) is 19.0 Å². The number of amides is 1. The van der Waals surface area contributed by atoms with Crippen LogP contribution in [0.3, 0.4) is 0 Å². The molecule has 0 aliphatic heterocycles. The number of nitrogens with zero attached hydrogens (tertiary/aromatic N) is 1. The fourth-order valence-electron chi connectivity index (χ4n) is 3.44. The Morgan fingerprint density at radius 1 is 1.43 bits per heavy atom. The number of nitrogens with one attached hydrogen (secondary N) is 1. The molecule has 2 rings (SSSR count). The van der Waals surface area contributed by atoms with Crippen molar-refractivity contribution >= 4 is 5.91 Å². The summed E-state index contributed by atoms with van der Waals surface area (Å²) in [5.41, 5.74) is 6.92. The van der Waals surface area contributed by atoms with E-state index < -0.39 is 0 Å². The van der Waals surface area contributed by atoms with Gasteiger partial charge in [-0.15, -0.1) is 0 Å². The number of hydrogen-bond donors (Lipinski definition) is 2. The number of carbonyl (C=O) groups excluding carboxylic acids is 1. The minimum absolute atomic E-state index is 0.0770. The van der Waals surface area contributed by atoms with E-state index in [-0.39, 0.29) is 17.9 Å². The summed E-state index contributed by atoms with van der Waals surface area (Å²) >= 11 is 0. The predicted molar refractivity (Wildman–Crippen MR) is 92.3 cm³/mol. The normalized spacial score (nSPS) is 22.1. The Balaban J connectivity index is 2.01. The highest BCUT2D eigenvalue weighted by atomic mass is 16.5. The Kier molecular flexibility index (Phi) is 6.42. The summed E-state index contributed by atoms with van der Waals surface area (Å²) in [4.78, 5) is 14.6. The molecule has 0 bridgehead atoms. The largest absolute Gasteiger partial charge is 0.497 e. The lowest BCUT2D eigenvalue weighted by Crippen LogP contribution is -2.39. The number of carbonyl (C=O) groups is 1. The van der Waals surface area contributed by atoms with E-state index in [0.717, 1.165) is 30.6 Å². The smallest absolute Gasteiger partial charge is 0.223 e. The minimum atomic E-state index is 0.0770. The molecule has 3 N–H and O–H groups in total. The second-order valence-electron chi connectivity index (χ2n) is 6.53. The molecule has 1 fully saturated rings. The molecule has 0 saturated heterocycles. The first-order valence-electron chi connectivity index (χ1n) is 8.35. The number of likely N-dealkylation sites (N-methyl/N-ethyl adjacent to an activating group) is 1. The van der Waals surface area contributed by atoms with Crippen molar-refractivity contribution < 1.29 is 9.53 Å². The van der Waals surface area contributed by atoms with Crippen LogP contribution in [-0.4, -0.2) is 45.1 Å². The fourth-order valence-corrected chi connectivity index (χ4v) is 3.44. The van der Waals surface area contributed by atoms with Gasteiger partial charge in [-0.3, -0.25) is 4.79 Å². The summed E-state index contributed by atoms with van der Waals surface area (Å²) in [5.74, 6) is 1.39. The second-order valence-corrected chi connectivity index (χ2v) is 6.53. The van der Waals surface area contributed by atoms with Gasteiger partial charge in [0.2, 0.25) is 5.91 Å². The van der Waals surface area contributed by atoms with E-state index in [1.807, 2.05) is 32.3 Å². The van der Waals surface area contributed by atoms with Crippen LogP contribution in [-0.2, 0) is 4.79 Å². The number of methoxy groups -OCH3 is 1. The standard InChI is InChI=1S/C18H29N3O2/c1-21(2)17(13-6-4-8-15(10-13)23-3)12-20-18(22)16-9-5-7-14(16)11-19/h4,6,8,10,14,16-17H,5,7,9,11-12,19H2,1-3H3,(H,20,22)/t14-,16-,17?/m1/s1. The molecule has 1 aliphatic rings. The maximum absolute atomic E-state index is 12.5. The van der Waals surface area contributed by atoms with E-state index in [1.165, 1.54) is 0 Å². The van der Waals surface area contributed by atoms with Crippen LogP contribution >= 0.6 is 0 Å². The summed E-state index contributed by atoms with van der Waals surface area (Å²) < 4.78 is 5.30. The Morgan fingerprint density at radius 3 is 2.87 bits per heavy atom. The van der Waals surface area contributed by atoms with Crippen LogP contribution < -0.4 is 15.8 Å². The molecular formula is C18H29N3O2. The van der Waals surface area contributed by atoms with E-state index in [2.05, 4.69) is 16.3 Å². The molecule has 0 radical (unpaired) electrons. The van der Waals surface area contributed by atoms with Crippen LogP contribution in [0, 0.1) is 11.8 Å². The molecule has 128 valence electrons. The molecule has 3 atom stereocenters. The first-order valence-corrected chi connectivity index (χ1v) is 8.35. The lowest BCUT2D eigenvalue weighted by Gasteiger charge is -2.26. The van der Waals surface area contributed by atoms with Gasteiger partial charge in [-0.1, -0.05) is 18.6 Å². The monoisotopic (exact) mass is 319 g/mol. The third kappa shape index (κ3) is 4.45. The summed E-state index contributed by atoms with van der Waals surface area (Å²) in [6, 6.07) is 8.12. The molecule has 1 saturated carbocycles. The van der Waals surface area contributed by atoms with Crippen molar-refractivity contribution in [2.45, 2.75) is 25.3 Å². The van der Waals surface area contributed by atoms with Crippen molar-refractivity contribution in [3.63, 3.8) is 0 Å². The topological polar surface area (TPSA) is 67.6 Å². The molecule has 5 nitrogen and oxygen atoms in total. The highest BCUT2D eigenvalue weighted by molar-refractivity contribution is 5.79. The maximum atomic E-state index is 12.5. The molecule has 1 unspecified atom stereocenters. The van der Waals surface area contributed by atoms with Crippen LogP contribution in [0.1, 0.15) is 30.9 Å². The number of hydrogen-bond acceptors (Lipinski definition) is 4. The van der Waals surface area contributed by atoms with Gasteiger partial charge in [-0.05, 0) is 57.1 Å². The number of benzene rings is 1. The van der Waals surface area contributed by atoms with E-state index in [1.54, 1.807) is 7.11 Å². The first-order chi connectivity index (χ1) is 11.1. The molecule has 0 aromatic heterocycles. The van der Waals surface area contributed by atoms with Crippen molar-refractivity contribution in [3.8, 4) is 5.75 Å². The van der Waals surface area contributed by atoms with Gasteiger partial charge in [0, 0.05) is 12.5 Å². The van der Waals surface area contributed by atoms with E-state index >= 15 is 0 Å². The van der Waals surface area contributed by atoms with Crippen molar-refractivity contribution in [2.24, 2.45) is 17.6 Å². The third-order valence-corrected chi connectivity index (χ3v) is 4.87. The van der Waals surface area contributed by atoms with Gasteiger partial charge in [0.1, 0.15) is 5.75 Å². The van der Waals surface area contributed by atoms with Gasteiger partial charge in [-0.2, -0.15) is 0 Å². The quantitative estimate of drug-likeness (QED) is 0.804. The van der Waals surface area contributed by atoms with E-state index in [9.17, 15) is 4.79 Å². The molecule has 1 aromatic rings. The Hall–Kier alpha value is -1.59. The van der Waals surface area contributed by atoms with Gasteiger partial charge in [-0.25, -0.2) is 0 Å². The zero-order chi connectivity index (χ0) is 16.8. The van der Waals surface area contributed by atoms with Crippen molar-refractivity contribution in [3.05, 3.63) is 29.8 Å². The van der Waals surface area contributed by atoms with Crippen molar-refractivity contribution in [1.29, 1.82) is 0 Å². The number of rotatable bonds is 7. The van der Waals surface area contributed by atoms with Crippen molar-refractivity contribution in [1.82, 2.24) is 10.2 Å². The molecule has 1 aromatic carbocycles. The van der Waals surface area contributed by atoms with Crippen LogP contribution in [0.4, 0.5) is 0 Å². The molecular weight excluding hydrogens is 290 g/mol. The van der Waals surface area contributed by atoms with Crippen LogP contribution in [0.5, 0.6) is 5.75 Å². The van der Waals surface area contributed by atoms with Gasteiger partial charge < -0.3 is 20.7 Å². The van der Waals surface area contributed by atoms with Gasteiger partial charge in [0.25, 0.3) is 0 Å². The fraction of sp³-hybridized carbons (Fsp3) is 0.611. The number of nitrogens with two attached hydrogens (primary N) is 1. The van der Waals surface area contributed by atoms with E-state index in [4.69, 9.17) is 10.5 Å². The maximum Gasteiger partial charge on any atom is 0.223 e. The number of ether oxygens (including phenoxy) is 1. The summed E-state index contributed by atoms with van der Waals surface area (Å²) in [7, 11) is 5.71. The summed E-state index contributed by atoms with van der Waals surface area (Å²) in [6.45, 7) is 1.19. The molecule has 5 heteroatoms. The summed E-state index contributed by atoms with van der Waals surface area (Å²) in [5, 5.41) is 3.13. The van der Waals surface area contributed by atoms with Crippen LogP contribution in [0.15, 0.2) is 24.3 Å². The van der Waals surface area contributed by atoms with Crippen LogP contribution in [0.25, 0.3) is 0 Å². The summed E-state index contributed by atoms with van der Waals surface area (Å²) in [6.07, 6.45) is 3.13. The molecule has 0 spiro atoms. The minimum Gasteiger partial charge on any atom is -0.497 e. The Labute approximate surface area is 139 Å². The molecule has 23 heavy (non-hydrogen) atoms. The lowest BCUT2D eigenvalue weighted by atomic mass is 9.95. The highest BCUT2D eigenvalue weighted by Gasteiger charge is 2.32. The average Bonchev–Trinajstić information content (AvgIpc) is 3.03. The van der Waals surface area contributed by atoms with Gasteiger partial charge in [0.05, 0.1) is 13.2 Å². The SMILES string of the molecule is COc1cccc(C(CNC(=O)[C@@H]2CCC[C@@H]2CN)N(C)C)c1. The van der Waals surface area contributed by atoms with Crippen molar-refractivity contribution in [2.75, 3.05) is 34.3 Å².